The number of hydrogen-bond donors (Lipinski definition) is 1. The monoisotopic (exact) mass is 487 g/mol. The van der Waals surface area contributed by atoms with Crippen LogP contribution in [0, 0.1) is 12.3 Å². The van der Waals surface area contributed by atoms with E-state index in [1.165, 1.54) is 6.08 Å². The molecule has 3 heterocycles. The Bertz CT molecular complexity index is 1500. The van der Waals surface area contributed by atoms with Crippen LogP contribution in [-0.2, 0) is 11.8 Å². The lowest BCUT2D eigenvalue weighted by molar-refractivity contribution is -0.149. The molecule has 2 aromatic carbocycles. The van der Waals surface area contributed by atoms with Gasteiger partial charge in [0.2, 0.25) is 5.91 Å². The van der Waals surface area contributed by atoms with Gasteiger partial charge < -0.3 is 10.0 Å². The topological polar surface area (TPSA) is 76.2 Å². The van der Waals surface area contributed by atoms with Gasteiger partial charge in [-0.1, -0.05) is 24.2 Å². The Balaban J connectivity index is 1.41. The third-order valence-electron chi connectivity index (χ3n) is 7.61. The van der Waals surface area contributed by atoms with Crippen molar-refractivity contribution in [2.75, 3.05) is 13.1 Å². The highest BCUT2D eigenvalue weighted by Gasteiger charge is 2.54. The number of carbonyl (C=O) groups is 1. The van der Waals surface area contributed by atoms with Crippen molar-refractivity contribution in [3.63, 3.8) is 0 Å². The standard InChI is InChI=1S/C27H26ClN5O2/c1-4-24(35)32-14-27(15-32)11-19(12-27)33-16(2)25(21-10-20(34)6-7-22(21)28)26(30-33)17-5-8-23-18(9-17)13-29-31(23)3/h4-10,13,19,34H,1,11-12,14-15H2,2-3H3. The minimum Gasteiger partial charge on any atom is -0.508 e. The summed E-state index contributed by atoms with van der Waals surface area (Å²) in [5, 5.41) is 21.3. The van der Waals surface area contributed by atoms with Crippen molar-refractivity contribution in [2.24, 2.45) is 12.5 Å². The smallest absolute Gasteiger partial charge is 0.245 e. The van der Waals surface area contributed by atoms with Crippen LogP contribution in [0.5, 0.6) is 5.75 Å². The molecule has 4 aromatic rings. The van der Waals surface area contributed by atoms with E-state index in [1.807, 2.05) is 22.8 Å². The number of aromatic hydroxyl groups is 1. The summed E-state index contributed by atoms with van der Waals surface area (Å²) in [6.45, 7) is 7.22. The molecule has 2 aromatic heterocycles. The summed E-state index contributed by atoms with van der Waals surface area (Å²) in [4.78, 5) is 13.7. The van der Waals surface area contributed by atoms with Gasteiger partial charge in [-0.15, -0.1) is 0 Å². The van der Waals surface area contributed by atoms with E-state index >= 15 is 0 Å². The first-order chi connectivity index (χ1) is 16.8. The number of aryl methyl sites for hydroxylation is 1. The fourth-order valence-electron chi connectivity index (χ4n) is 5.83. The van der Waals surface area contributed by atoms with Crippen molar-refractivity contribution in [3.05, 3.63) is 66.0 Å². The highest BCUT2D eigenvalue weighted by molar-refractivity contribution is 6.33. The highest BCUT2D eigenvalue weighted by atomic mass is 35.5. The number of amides is 1. The van der Waals surface area contributed by atoms with Crippen LogP contribution in [0.25, 0.3) is 33.3 Å². The van der Waals surface area contributed by atoms with Crippen molar-refractivity contribution < 1.29 is 9.90 Å². The minimum atomic E-state index is 0.00300. The van der Waals surface area contributed by atoms with Gasteiger partial charge in [0.15, 0.2) is 0 Å². The van der Waals surface area contributed by atoms with Crippen LogP contribution in [0.1, 0.15) is 24.6 Å². The number of likely N-dealkylation sites (tertiary alicyclic amines) is 1. The molecular weight excluding hydrogens is 462 g/mol. The van der Waals surface area contributed by atoms with Crippen molar-refractivity contribution in [3.8, 4) is 28.1 Å². The van der Waals surface area contributed by atoms with Gasteiger partial charge in [-0.2, -0.15) is 10.2 Å². The molecule has 7 nitrogen and oxygen atoms in total. The van der Waals surface area contributed by atoms with Gasteiger partial charge in [0.1, 0.15) is 11.4 Å². The van der Waals surface area contributed by atoms with Gasteiger partial charge in [0.05, 0.1) is 17.8 Å². The molecule has 0 unspecified atom stereocenters. The molecule has 178 valence electrons. The Morgan fingerprint density at radius 3 is 2.74 bits per heavy atom. The van der Waals surface area contributed by atoms with E-state index in [2.05, 4.69) is 41.5 Å². The van der Waals surface area contributed by atoms with E-state index in [0.717, 1.165) is 64.9 Å². The fourth-order valence-corrected chi connectivity index (χ4v) is 6.05. The number of hydrogen-bond acceptors (Lipinski definition) is 4. The second kappa shape index (κ2) is 7.71. The SMILES string of the molecule is C=CC(=O)N1CC2(CC(n3nc(-c4ccc5c(cnn5C)c4)c(-c4cc(O)ccc4Cl)c3C)C2)C1. The van der Waals surface area contributed by atoms with Gasteiger partial charge in [-0.25, -0.2) is 0 Å². The van der Waals surface area contributed by atoms with Gasteiger partial charge in [-0.05, 0) is 56.2 Å². The lowest BCUT2D eigenvalue weighted by Gasteiger charge is -2.58. The number of fused-ring (bicyclic) bond motifs is 1. The molecule has 8 heteroatoms. The van der Waals surface area contributed by atoms with Gasteiger partial charge in [0, 0.05) is 58.3 Å². The summed E-state index contributed by atoms with van der Waals surface area (Å²) in [5.74, 6) is 0.164. The van der Waals surface area contributed by atoms with Crippen LogP contribution < -0.4 is 0 Å². The maximum absolute atomic E-state index is 11.9. The number of halogens is 1. The second-order valence-corrected chi connectivity index (χ2v) is 10.3. The van der Waals surface area contributed by atoms with Crippen LogP contribution in [-0.4, -0.2) is 48.6 Å². The van der Waals surface area contributed by atoms with E-state index in [9.17, 15) is 9.90 Å². The van der Waals surface area contributed by atoms with Gasteiger partial charge >= 0.3 is 0 Å². The molecule has 0 bridgehead atoms. The molecule has 6 rings (SSSR count). The van der Waals surface area contributed by atoms with E-state index in [-0.39, 0.29) is 23.1 Å². The zero-order valence-electron chi connectivity index (χ0n) is 19.7. The molecular formula is C27H26ClN5O2. The maximum atomic E-state index is 11.9. The normalized spacial score (nSPS) is 16.9. The van der Waals surface area contributed by atoms with Crippen LogP contribution in [0.4, 0.5) is 0 Å². The molecule has 0 radical (unpaired) electrons. The molecule has 0 atom stereocenters. The average molecular weight is 488 g/mol. The lowest BCUT2D eigenvalue weighted by Crippen LogP contribution is -2.63. The molecule has 1 aliphatic heterocycles. The summed E-state index contributed by atoms with van der Waals surface area (Å²) in [6, 6.07) is 11.5. The summed E-state index contributed by atoms with van der Waals surface area (Å²) in [5.41, 5.74) is 5.73. The van der Waals surface area contributed by atoms with Crippen LogP contribution in [0.3, 0.4) is 0 Å². The Labute approximate surface area is 208 Å². The molecule has 1 aliphatic carbocycles. The molecule has 1 saturated heterocycles. The first-order valence-electron chi connectivity index (χ1n) is 11.7. The van der Waals surface area contributed by atoms with Gasteiger partial charge in [-0.3, -0.25) is 14.2 Å². The number of benzene rings is 2. The Morgan fingerprint density at radius 2 is 2.00 bits per heavy atom. The minimum absolute atomic E-state index is 0.00300. The van der Waals surface area contributed by atoms with Crippen molar-refractivity contribution >= 4 is 28.4 Å². The number of phenolic OH excluding ortho intramolecular Hbond substituents is 1. The maximum Gasteiger partial charge on any atom is 0.245 e. The summed E-state index contributed by atoms with van der Waals surface area (Å²) in [6.07, 6.45) is 5.19. The zero-order valence-corrected chi connectivity index (χ0v) is 20.5. The predicted octanol–water partition coefficient (Wildman–Crippen LogP) is 5.12. The average Bonchev–Trinajstić information content (AvgIpc) is 3.33. The molecule has 35 heavy (non-hydrogen) atoms. The molecule has 1 amide bonds. The van der Waals surface area contributed by atoms with E-state index < -0.39 is 0 Å². The number of phenols is 1. The fraction of sp³-hybridized carbons (Fsp3) is 0.296. The van der Waals surface area contributed by atoms with Crippen molar-refractivity contribution in [2.45, 2.75) is 25.8 Å². The van der Waals surface area contributed by atoms with Crippen LogP contribution >= 0.6 is 11.6 Å². The van der Waals surface area contributed by atoms with E-state index in [1.54, 1.807) is 18.2 Å². The Kier molecular flexibility index (Phi) is 4.83. The summed E-state index contributed by atoms with van der Waals surface area (Å²) in [7, 11) is 1.93. The number of carbonyl (C=O) groups excluding carboxylic acids is 1. The summed E-state index contributed by atoms with van der Waals surface area (Å²) >= 11 is 6.63. The third kappa shape index (κ3) is 3.37. The van der Waals surface area contributed by atoms with Crippen LogP contribution in [0.2, 0.25) is 5.02 Å². The Hall–Kier alpha value is -3.58. The summed E-state index contributed by atoms with van der Waals surface area (Å²) < 4.78 is 3.96. The number of aromatic nitrogens is 4. The first kappa shape index (κ1) is 21.9. The first-order valence-corrected chi connectivity index (χ1v) is 12.1. The molecule has 1 spiro atoms. The molecule has 1 saturated carbocycles. The third-order valence-corrected chi connectivity index (χ3v) is 7.94. The predicted molar refractivity (Wildman–Crippen MR) is 136 cm³/mol. The quantitative estimate of drug-likeness (QED) is 0.405. The molecule has 2 aliphatic rings. The Morgan fingerprint density at radius 1 is 1.23 bits per heavy atom. The largest absolute Gasteiger partial charge is 0.508 e. The van der Waals surface area contributed by atoms with Crippen molar-refractivity contribution in [1.29, 1.82) is 0 Å². The molecule has 2 fully saturated rings. The molecule has 1 N–H and O–H groups in total. The van der Waals surface area contributed by atoms with E-state index in [0.29, 0.717) is 5.02 Å². The second-order valence-electron chi connectivity index (χ2n) is 9.92. The van der Waals surface area contributed by atoms with Crippen LogP contribution in [0.15, 0.2) is 55.3 Å². The number of nitrogens with zero attached hydrogens (tertiary/aromatic N) is 5. The lowest BCUT2D eigenvalue weighted by atomic mass is 9.60. The zero-order chi connectivity index (χ0) is 24.5. The number of rotatable bonds is 4. The van der Waals surface area contributed by atoms with Crippen molar-refractivity contribution in [1.82, 2.24) is 24.5 Å². The van der Waals surface area contributed by atoms with E-state index in [4.69, 9.17) is 16.7 Å². The highest BCUT2D eigenvalue weighted by Crippen LogP contribution is 2.55. The van der Waals surface area contributed by atoms with Gasteiger partial charge in [0.25, 0.3) is 0 Å².